The molecular formula is C23H25N7OS. The first-order valence-corrected chi connectivity index (χ1v) is 11.5. The van der Waals surface area contributed by atoms with Crippen molar-refractivity contribution in [1.82, 2.24) is 24.6 Å². The molecule has 8 nitrogen and oxygen atoms in total. The monoisotopic (exact) mass is 447 g/mol. The van der Waals surface area contributed by atoms with E-state index in [2.05, 4.69) is 36.6 Å². The molecule has 0 spiro atoms. The largest absolute Gasteiger partial charge is 0.378 e. The van der Waals surface area contributed by atoms with Crippen molar-refractivity contribution < 1.29 is 0 Å². The number of nitrogens with zero attached hydrogens (tertiary/aromatic N) is 6. The Hall–Kier alpha value is -3.33. The van der Waals surface area contributed by atoms with Crippen molar-refractivity contribution in [3.63, 3.8) is 0 Å². The molecule has 1 N–H and O–H groups in total. The van der Waals surface area contributed by atoms with Crippen LogP contribution < -0.4 is 15.8 Å². The Labute approximate surface area is 190 Å². The van der Waals surface area contributed by atoms with E-state index in [0.717, 1.165) is 52.0 Å². The topological polar surface area (TPSA) is 88.3 Å². The van der Waals surface area contributed by atoms with E-state index in [-0.39, 0.29) is 5.56 Å². The molecule has 0 fully saturated rings. The number of rotatable bonds is 4. The van der Waals surface area contributed by atoms with Crippen LogP contribution in [0.15, 0.2) is 28.5 Å². The van der Waals surface area contributed by atoms with Gasteiger partial charge in [0.2, 0.25) is 0 Å². The van der Waals surface area contributed by atoms with E-state index in [1.165, 1.54) is 16.1 Å². The number of aryl methyl sites for hydroxylation is 3. The highest BCUT2D eigenvalue weighted by Gasteiger charge is 2.23. The van der Waals surface area contributed by atoms with Crippen LogP contribution in [0.2, 0.25) is 0 Å². The van der Waals surface area contributed by atoms with Gasteiger partial charge in [0.1, 0.15) is 0 Å². The van der Waals surface area contributed by atoms with Crippen LogP contribution in [0, 0.1) is 27.7 Å². The summed E-state index contributed by atoms with van der Waals surface area (Å²) in [4.78, 5) is 28.5. The molecule has 1 aliphatic rings. The van der Waals surface area contributed by atoms with E-state index in [1.54, 1.807) is 11.3 Å². The molecule has 0 amide bonds. The lowest BCUT2D eigenvalue weighted by Crippen LogP contribution is -2.34. The number of aromatic nitrogens is 5. The summed E-state index contributed by atoms with van der Waals surface area (Å²) in [6.45, 7) is 10.1. The highest BCUT2D eigenvalue weighted by Crippen LogP contribution is 2.28. The molecule has 0 saturated heterocycles. The molecule has 32 heavy (non-hydrogen) atoms. The van der Waals surface area contributed by atoms with Crippen LogP contribution in [0.5, 0.6) is 0 Å². The van der Waals surface area contributed by atoms with Gasteiger partial charge >= 0.3 is 0 Å². The van der Waals surface area contributed by atoms with E-state index >= 15 is 0 Å². The predicted molar refractivity (Wildman–Crippen MR) is 127 cm³/mol. The summed E-state index contributed by atoms with van der Waals surface area (Å²) in [5.74, 6) is 0.824. The van der Waals surface area contributed by atoms with Gasteiger partial charge in [0.05, 0.1) is 29.1 Å². The molecule has 0 saturated carbocycles. The zero-order chi connectivity index (χ0) is 22.4. The van der Waals surface area contributed by atoms with Gasteiger partial charge < -0.3 is 10.2 Å². The molecule has 9 heteroatoms. The normalized spacial score (nSPS) is 13.4. The fourth-order valence-electron chi connectivity index (χ4n) is 4.12. The summed E-state index contributed by atoms with van der Waals surface area (Å²) >= 11 is 1.66. The number of fused-ring (bicyclic) bond motifs is 2. The van der Waals surface area contributed by atoms with Gasteiger partial charge in [0.25, 0.3) is 5.56 Å². The zero-order valence-electron chi connectivity index (χ0n) is 18.6. The summed E-state index contributed by atoms with van der Waals surface area (Å²) < 4.78 is 1.42. The van der Waals surface area contributed by atoms with Gasteiger partial charge in [-0.05, 0) is 39.3 Å². The van der Waals surface area contributed by atoms with Crippen molar-refractivity contribution in [2.45, 2.75) is 47.2 Å². The van der Waals surface area contributed by atoms with Gasteiger partial charge in [0.15, 0.2) is 11.5 Å². The second kappa shape index (κ2) is 7.98. The lowest BCUT2D eigenvalue weighted by molar-refractivity contribution is 0.684. The van der Waals surface area contributed by atoms with Gasteiger partial charge in [-0.15, -0.1) is 16.4 Å². The second-order valence-electron chi connectivity index (χ2n) is 8.26. The fraction of sp³-hybridized carbons (Fsp3) is 0.348. The summed E-state index contributed by atoms with van der Waals surface area (Å²) in [6.07, 6.45) is 2.73. The number of pyridine rings is 1. The van der Waals surface area contributed by atoms with Gasteiger partial charge in [-0.1, -0.05) is 0 Å². The first-order valence-electron chi connectivity index (χ1n) is 10.6. The summed E-state index contributed by atoms with van der Waals surface area (Å²) in [5, 5.41) is 11.3. The second-order valence-corrected chi connectivity index (χ2v) is 9.32. The molecule has 0 unspecified atom stereocenters. The van der Waals surface area contributed by atoms with Crippen LogP contribution in [0.25, 0.3) is 5.65 Å². The van der Waals surface area contributed by atoms with E-state index < -0.39 is 0 Å². The molecular weight excluding hydrogens is 422 g/mol. The van der Waals surface area contributed by atoms with Crippen molar-refractivity contribution in [3.8, 4) is 0 Å². The molecule has 4 aromatic rings. The minimum Gasteiger partial charge on any atom is -0.378 e. The van der Waals surface area contributed by atoms with Gasteiger partial charge in [-0.2, -0.15) is 4.52 Å². The Balaban J connectivity index is 1.44. The number of nitrogens with one attached hydrogen (secondary N) is 1. The maximum absolute atomic E-state index is 12.6. The van der Waals surface area contributed by atoms with Crippen LogP contribution in [0.1, 0.15) is 38.8 Å². The first-order chi connectivity index (χ1) is 15.4. The highest BCUT2D eigenvalue weighted by molar-refractivity contribution is 7.09. The van der Waals surface area contributed by atoms with E-state index in [0.29, 0.717) is 24.4 Å². The van der Waals surface area contributed by atoms with Gasteiger partial charge in [-0.3, -0.25) is 9.78 Å². The van der Waals surface area contributed by atoms with Crippen LogP contribution >= 0.6 is 11.3 Å². The quantitative estimate of drug-likeness (QED) is 0.513. The maximum atomic E-state index is 12.6. The average Bonchev–Trinajstić information content (AvgIpc) is 3.19. The molecule has 4 aromatic heterocycles. The van der Waals surface area contributed by atoms with Crippen LogP contribution in [0.4, 0.5) is 11.5 Å². The molecule has 0 atom stereocenters. The summed E-state index contributed by atoms with van der Waals surface area (Å²) in [7, 11) is 0. The van der Waals surface area contributed by atoms with Gasteiger partial charge in [0, 0.05) is 53.5 Å². The Bertz CT molecular complexity index is 1390. The Morgan fingerprint density at radius 3 is 2.75 bits per heavy atom. The van der Waals surface area contributed by atoms with Crippen LogP contribution in [-0.4, -0.2) is 31.1 Å². The van der Waals surface area contributed by atoms with Crippen molar-refractivity contribution in [3.05, 3.63) is 72.8 Å². The Morgan fingerprint density at radius 1 is 1.12 bits per heavy atom. The number of hydrogen-bond acceptors (Lipinski definition) is 8. The number of hydrogen-bond donors (Lipinski definition) is 1. The van der Waals surface area contributed by atoms with Crippen molar-refractivity contribution in [2.75, 3.05) is 16.8 Å². The molecule has 164 valence electrons. The molecule has 0 aliphatic carbocycles. The van der Waals surface area contributed by atoms with Crippen LogP contribution in [0.3, 0.4) is 0 Å². The summed E-state index contributed by atoms with van der Waals surface area (Å²) in [6, 6.07) is 3.68. The molecule has 0 radical (unpaired) electrons. The van der Waals surface area contributed by atoms with Crippen molar-refractivity contribution >= 4 is 28.5 Å². The number of thiazole rings is 1. The van der Waals surface area contributed by atoms with E-state index in [4.69, 9.17) is 5.10 Å². The predicted octanol–water partition coefficient (Wildman–Crippen LogP) is 3.35. The Morgan fingerprint density at radius 2 is 1.97 bits per heavy atom. The standard InChI is InChI=1S/C23H25N7OS/c1-13-7-21(31)30-22(26-13)14(2)15(3)23(28-30)29-6-5-20-17(11-29)8-18(9-25-20)24-10-19-12-32-16(4)27-19/h7-9,12,24H,5-6,10-11H2,1-4H3. The minimum absolute atomic E-state index is 0.153. The molecule has 0 aromatic carbocycles. The minimum atomic E-state index is -0.153. The third kappa shape index (κ3) is 3.73. The smallest absolute Gasteiger partial charge is 0.274 e. The van der Waals surface area contributed by atoms with Crippen LogP contribution in [-0.2, 0) is 19.5 Å². The third-order valence-electron chi connectivity index (χ3n) is 5.93. The van der Waals surface area contributed by atoms with E-state index in [9.17, 15) is 4.79 Å². The lowest BCUT2D eigenvalue weighted by Gasteiger charge is -2.31. The zero-order valence-corrected chi connectivity index (χ0v) is 19.5. The fourth-order valence-corrected chi connectivity index (χ4v) is 4.73. The number of anilines is 2. The molecule has 1 aliphatic heterocycles. The highest BCUT2D eigenvalue weighted by atomic mass is 32.1. The molecule has 5 heterocycles. The SMILES string of the molecule is Cc1cc(=O)n2nc(N3CCc4ncc(NCc5csc(C)n5)cc4C3)c(C)c(C)c2n1. The van der Waals surface area contributed by atoms with Crippen molar-refractivity contribution in [1.29, 1.82) is 0 Å². The molecule has 0 bridgehead atoms. The van der Waals surface area contributed by atoms with Gasteiger partial charge in [-0.25, -0.2) is 9.97 Å². The third-order valence-corrected chi connectivity index (χ3v) is 6.75. The Kier molecular flexibility index (Phi) is 5.13. The summed E-state index contributed by atoms with van der Waals surface area (Å²) in [5.41, 5.74) is 7.50. The van der Waals surface area contributed by atoms with E-state index in [1.807, 2.05) is 33.9 Å². The molecule has 5 rings (SSSR count). The maximum Gasteiger partial charge on any atom is 0.274 e. The average molecular weight is 448 g/mol. The van der Waals surface area contributed by atoms with Crippen molar-refractivity contribution in [2.24, 2.45) is 0 Å². The first kappa shape index (κ1) is 20.6. The lowest BCUT2D eigenvalue weighted by atomic mass is 10.0.